The Kier molecular flexibility index (Phi) is 7.28. The predicted molar refractivity (Wildman–Crippen MR) is 104 cm³/mol. The zero-order valence-corrected chi connectivity index (χ0v) is 16.6. The average molecular weight is 379 g/mol. The number of benzene rings is 1. The van der Waals surface area contributed by atoms with Gasteiger partial charge in [0.2, 0.25) is 5.82 Å². The molecule has 1 aromatic rings. The summed E-state index contributed by atoms with van der Waals surface area (Å²) in [6.45, 7) is 2.92. The summed E-state index contributed by atoms with van der Waals surface area (Å²) in [6.07, 6.45) is 13.3. The summed E-state index contributed by atoms with van der Waals surface area (Å²) < 4.78 is 39.4. The van der Waals surface area contributed by atoms with Gasteiger partial charge in [-0.05, 0) is 87.7 Å². The first kappa shape index (κ1) is 20.3. The molecule has 2 atom stereocenters. The molecular formula is C23H32F2O2. The fourth-order valence-corrected chi connectivity index (χ4v) is 4.80. The fourth-order valence-electron chi connectivity index (χ4n) is 4.80. The van der Waals surface area contributed by atoms with Crippen LogP contribution < -0.4 is 4.74 Å². The van der Waals surface area contributed by atoms with Gasteiger partial charge in [0.15, 0.2) is 11.6 Å². The van der Waals surface area contributed by atoms with E-state index in [1.807, 2.05) is 0 Å². The molecule has 1 aliphatic heterocycles. The third-order valence-corrected chi connectivity index (χ3v) is 6.47. The topological polar surface area (TPSA) is 18.5 Å². The maximum atomic E-state index is 14.4. The van der Waals surface area contributed by atoms with E-state index in [-0.39, 0.29) is 11.7 Å². The Labute approximate surface area is 161 Å². The number of hydrogen-bond acceptors (Lipinski definition) is 2. The van der Waals surface area contributed by atoms with Gasteiger partial charge < -0.3 is 9.47 Å². The van der Waals surface area contributed by atoms with Crippen LogP contribution in [-0.2, 0) is 4.74 Å². The number of methoxy groups -OCH3 is 1. The molecular weight excluding hydrogens is 346 g/mol. The molecule has 2 fully saturated rings. The van der Waals surface area contributed by atoms with Crippen LogP contribution in [0.2, 0.25) is 0 Å². The van der Waals surface area contributed by atoms with Gasteiger partial charge in [-0.2, -0.15) is 4.39 Å². The Morgan fingerprint density at radius 3 is 2.41 bits per heavy atom. The third kappa shape index (κ3) is 4.90. The van der Waals surface area contributed by atoms with Crippen molar-refractivity contribution in [2.24, 2.45) is 11.8 Å². The Bertz CT molecular complexity index is 628. The minimum atomic E-state index is -0.859. The summed E-state index contributed by atoms with van der Waals surface area (Å²) in [7, 11) is 1.36. The van der Waals surface area contributed by atoms with Gasteiger partial charge in [-0.1, -0.05) is 18.2 Å². The summed E-state index contributed by atoms with van der Waals surface area (Å²) in [5.74, 6) is -0.220. The first-order valence-electron chi connectivity index (χ1n) is 10.4. The summed E-state index contributed by atoms with van der Waals surface area (Å²) in [4.78, 5) is 0. The molecule has 0 aromatic heterocycles. The van der Waals surface area contributed by atoms with Crippen LogP contribution in [0.4, 0.5) is 8.78 Å². The quantitative estimate of drug-likeness (QED) is 0.533. The van der Waals surface area contributed by atoms with Gasteiger partial charge in [0, 0.05) is 0 Å². The van der Waals surface area contributed by atoms with E-state index in [0.717, 1.165) is 51.6 Å². The lowest BCUT2D eigenvalue weighted by Crippen LogP contribution is -2.32. The van der Waals surface area contributed by atoms with Crippen LogP contribution in [0.3, 0.4) is 0 Å². The van der Waals surface area contributed by atoms with Crippen molar-refractivity contribution in [3.63, 3.8) is 0 Å². The molecule has 1 saturated heterocycles. The van der Waals surface area contributed by atoms with E-state index < -0.39 is 11.6 Å². The molecule has 1 aliphatic carbocycles. The summed E-state index contributed by atoms with van der Waals surface area (Å²) in [6, 6.07) is 3.24. The lowest BCUT2D eigenvalue weighted by molar-refractivity contribution is -0.0402. The summed E-state index contributed by atoms with van der Waals surface area (Å²) in [5, 5.41) is 0. The van der Waals surface area contributed by atoms with Gasteiger partial charge in [-0.15, -0.1) is 0 Å². The van der Waals surface area contributed by atoms with Gasteiger partial charge in [-0.3, -0.25) is 0 Å². The highest BCUT2D eigenvalue weighted by Crippen LogP contribution is 2.43. The minimum absolute atomic E-state index is 0.0201. The van der Waals surface area contributed by atoms with E-state index >= 15 is 0 Å². The molecule has 3 rings (SSSR count). The van der Waals surface area contributed by atoms with Crippen molar-refractivity contribution in [2.75, 3.05) is 13.7 Å². The maximum Gasteiger partial charge on any atom is 0.200 e. The standard InChI is InChI=1S/C23H32F2O2/c1-3-4-5-6-19-12-11-18(15-27-19)16-7-9-17(10-8-16)20-13-14-21(26-2)23(25)22(20)24/h3-4,13-14,16-19H,5-12,15H2,1-2H3/b4-3+. The van der Waals surface area contributed by atoms with Gasteiger partial charge in [0.1, 0.15) is 0 Å². The van der Waals surface area contributed by atoms with Crippen molar-refractivity contribution in [1.29, 1.82) is 0 Å². The van der Waals surface area contributed by atoms with Gasteiger partial charge in [-0.25, -0.2) is 4.39 Å². The molecule has 2 unspecified atom stereocenters. The molecule has 0 radical (unpaired) electrons. The molecule has 1 heterocycles. The van der Waals surface area contributed by atoms with Crippen molar-refractivity contribution in [1.82, 2.24) is 0 Å². The smallest absolute Gasteiger partial charge is 0.200 e. The van der Waals surface area contributed by atoms with Crippen LogP contribution in [0.15, 0.2) is 24.3 Å². The molecule has 2 nitrogen and oxygen atoms in total. The van der Waals surface area contributed by atoms with Crippen LogP contribution in [0.1, 0.15) is 69.8 Å². The lowest BCUT2D eigenvalue weighted by atomic mass is 9.72. The van der Waals surface area contributed by atoms with Crippen LogP contribution >= 0.6 is 0 Å². The van der Waals surface area contributed by atoms with E-state index in [4.69, 9.17) is 9.47 Å². The van der Waals surface area contributed by atoms with Crippen LogP contribution in [0.5, 0.6) is 5.75 Å². The van der Waals surface area contributed by atoms with E-state index in [1.54, 1.807) is 12.1 Å². The van der Waals surface area contributed by atoms with E-state index in [0.29, 0.717) is 23.5 Å². The van der Waals surface area contributed by atoms with Gasteiger partial charge in [0.05, 0.1) is 19.8 Å². The molecule has 150 valence electrons. The lowest BCUT2D eigenvalue weighted by Gasteiger charge is -2.38. The second kappa shape index (κ2) is 9.68. The van der Waals surface area contributed by atoms with Crippen LogP contribution in [0, 0.1) is 23.5 Å². The Hall–Kier alpha value is -1.42. The Morgan fingerprint density at radius 2 is 1.78 bits per heavy atom. The van der Waals surface area contributed by atoms with Gasteiger partial charge >= 0.3 is 0 Å². The van der Waals surface area contributed by atoms with Crippen LogP contribution in [0.25, 0.3) is 0 Å². The molecule has 27 heavy (non-hydrogen) atoms. The van der Waals surface area contributed by atoms with Crippen molar-refractivity contribution >= 4 is 0 Å². The molecule has 1 saturated carbocycles. The molecule has 0 spiro atoms. The molecule has 1 aromatic carbocycles. The van der Waals surface area contributed by atoms with Gasteiger partial charge in [0.25, 0.3) is 0 Å². The molecule has 2 aliphatic rings. The number of ether oxygens (including phenoxy) is 2. The number of hydrogen-bond donors (Lipinski definition) is 0. The highest BCUT2D eigenvalue weighted by atomic mass is 19.2. The van der Waals surface area contributed by atoms with E-state index in [2.05, 4.69) is 19.1 Å². The predicted octanol–water partition coefficient (Wildman–Crippen LogP) is 6.40. The highest BCUT2D eigenvalue weighted by Gasteiger charge is 2.32. The monoisotopic (exact) mass is 378 g/mol. The molecule has 0 amide bonds. The SMILES string of the molecule is C/C=C/CCC1CCC(C2CCC(c3ccc(OC)c(F)c3F)CC2)CO1. The normalized spacial score (nSPS) is 29.2. The fraction of sp³-hybridized carbons (Fsp3) is 0.652. The second-order valence-electron chi connectivity index (χ2n) is 8.04. The summed E-state index contributed by atoms with van der Waals surface area (Å²) in [5.41, 5.74) is 0.510. The summed E-state index contributed by atoms with van der Waals surface area (Å²) >= 11 is 0. The van der Waals surface area contributed by atoms with E-state index in [1.165, 1.54) is 13.5 Å². The zero-order chi connectivity index (χ0) is 19.2. The van der Waals surface area contributed by atoms with Crippen molar-refractivity contribution in [2.45, 2.75) is 70.3 Å². The van der Waals surface area contributed by atoms with Crippen LogP contribution in [-0.4, -0.2) is 19.8 Å². The minimum Gasteiger partial charge on any atom is -0.494 e. The number of rotatable bonds is 6. The van der Waals surface area contributed by atoms with Crippen molar-refractivity contribution in [3.8, 4) is 5.75 Å². The van der Waals surface area contributed by atoms with Crippen molar-refractivity contribution < 1.29 is 18.3 Å². The first-order chi connectivity index (χ1) is 13.1. The molecule has 0 bridgehead atoms. The molecule has 4 heteroatoms. The maximum absolute atomic E-state index is 14.4. The Morgan fingerprint density at radius 1 is 1.04 bits per heavy atom. The number of halogens is 2. The first-order valence-corrected chi connectivity index (χ1v) is 10.4. The molecule has 0 N–H and O–H groups in total. The van der Waals surface area contributed by atoms with Crippen molar-refractivity contribution in [3.05, 3.63) is 41.5 Å². The number of allylic oxidation sites excluding steroid dienone is 2. The highest BCUT2D eigenvalue weighted by molar-refractivity contribution is 5.33. The zero-order valence-electron chi connectivity index (χ0n) is 16.6. The third-order valence-electron chi connectivity index (χ3n) is 6.47. The average Bonchev–Trinajstić information content (AvgIpc) is 2.71. The van der Waals surface area contributed by atoms with E-state index in [9.17, 15) is 8.78 Å². The largest absolute Gasteiger partial charge is 0.494 e. The second-order valence-corrected chi connectivity index (χ2v) is 8.04. The Balaban J connectivity index is 1.49.